The number of alkyl halides is 1. The van der Waals surface area contributed by atoms with Crippen molar-refractivity contribution in [1.82, 2.24) is 5.06 Å². The van der Waals surface area contributed by atoms with Gasteiger partial charge in [0.1, 0.15) is 0 Å². The average Bonchev–Trinajstić information content (AvgIpc) is 2.34. The molecule has 1 aliphatic carbocycles. The minimum Gasteiger partial charge on any atom is -0.275 e. The number of hydrogen-bond acceptors (Lipinski definition) is 2. The van der Waals surface area contributed by atoms with Crippen molar-refractivity contribution in [1.29, 1.82) is 0 Å². The number of amides is 1. The number of carbonyl (C=O) groups is 1. The summed E-state index contributed by atoms with van der Waals surface area (Å²) >= 11 is 6.51. The number of nitrogens with zero attached hydrogens (tertiary/aromatic N) is 1. The molecule has 1 aliphatic rings. The highest BCUT2D eigenvalue weighted by Crippen LogP contribution is 2.51. The predicted molar refractivity (Wildman–Crippen MR) is 66.5 cm³/mol. The quantitative estimate of drug-likeness (QED) is 0.612. The molecule has 0 saturated heterocycles. The average molecular weight is 254 g/mol. The Kier molecular flexibility index (Phi) is 3.40. The Morgan fingerprint density at radius 1 is 1.41 bits per heavy atom. The zero-order valence-electron chi connectivity index (χ0n) is 10.0. The lowest BCUT2D eigenvalue weighted by molar-refractivity contribution is -0.177. The molecule has 1 aromatic rings. The molecule has 1 saturated carbocycles. The minimum atomic E-state index is -0.379. The van der Waals surface area contributed by atoms with Gasteiger partial charge in [-0.05, 0) is 18.4 Å². The van der Waals surface area contributed by atoms with E-state index < -0.39 is 0 Å². The highest BCUT2D eigenvalue weighted by atomic mass is 35.5. The standard InChI is InChI=1S/C13H16ClNO2/c1-15(17-2)12(16)10-8-13(14,9-10)11-6-4-3-5-7-11/h3-7,10H,8-9H2,1-2H3. The summed E-state index contributed by atoms with van der Waals surface area (Å²) in [7, 11) is 3.11. The van der Waals surface area contributed by atoms with Gasteiger partial charge in [0.05, 0.1) is 12.0 Å². The van der Waals surface area contributed by atoms with Gasteiger partial charge in [-0.3, -0.25) is 9.63 Å². The molecule has 0 N–H and O–H groups in total. The van der Waals surface area contributed by atoms with Gasteiger partial charge in [-0.1, -0.05) is 30.3 Å². The summed E-state index contributed by atoms with van der Waals surface area (Å²) in [5.74, 6) is -0.0302. The maximum Gasteiger partial charge on any atom is 0.249 e. The first kappa shape index (κ1) is 12.4. The lowest BCUT2D eigenvalue weighted by Crippen LogP contribution is -2.45. The van der Waals surface area contributed by atoms with Gasteiger partial charge in [-0.15, -0.1) is 11.6 Å². The second-order valence-corrected chi connectivity index (χ2v) is 5.18. The van der Waals surface area contributed by atoms with E-state index in [4.69, 9.17) is 16.4 Å². The summed E-state index contributed by atoms with van der Waals surface area (Å²) in [6.45, 7) is 0. The molecule has 2 rings (SSSR count). The summed E-state index contributed by atoms with van der Waals surface area (Å²) < 4.78 is 0. The van der Waals surface area contributed by atoms with Crippen LogP contribution in [0.1, 0.15) is 18.4 Å². The second kappa shape index (κ2) is 4.67. The number of halogens is 1. The first-order valence-electron chi connectivity index (χ1n) is 5.63. The zero-order chi connectivity index (χ0) is 12.5. The van der Waals surface area contributed by atoms with Crippen LogP contribution in [-0.2, 0) is 14.5 Å². The van der Waals surface area contributed by atoms with Crippen molar-refractivity contribution in [2.75, 3.05) is 14.2 Å². The molecule has 0 heterocycles. The van der Waals surface area contributed by atoms with E-state index in [9.17, 15) is 4.79 Å². The van der Waals surface area contributed by atoms with Gasteiger partial charge in [0.2, 0.25) is 5.91 Å². The molecule has 1 aromatic carbocycles. The highest BCUT2D eigenvalue weighted by molar-refractivity contribution is 6.25. The molecular weight excluding hydrogens is 238 g/mol. The summed E-state index contributed by atoms with van der Waals surface area (Å²) in [4.78, 5) is 16.3. The Hall–Kier alpha value is -1.06. The molecule has 0 unspecified atom stereocenters. The normalized spacial score (nSPS) is 27.4. The van der Waals surface area contributed by atoms with E-state index in [1.165, 1.54) is 12.2 Å². The first-order chi connectivity index (χ1) is 8.07. The third-order valence-corrected chi connectivity index (χ3v) is 3.89. The van der Waals surface area contributed by atoms with Crippen molar-refractivity contribution in [2.45, 2.75) is 17.7 Å². The Morgan fingerprint density at radius 3 is 2.53 bits per heavy atom. The Morgan fingerprint density at radius 2 is 2.00 bits per heavy atom. The largest absolute Gasteiger partial charge is 0.275 e. The van der Waals surface area contributed by atoms with Crippen LogP contribution in [0.5, 0.6) is 0 Å². The molecule has 0 radical (unpaired) electrons. The molecule has 0 aliphatic heterocycles. The van der Waals surface area contributed by atoms with E-state index in [-0.39, 0.29) is 16.7 Å². The van der Waals surface area contributed by atoms with Gasteiger partial charge in [-0.25, -0.2) is 5.06 Å². The molecule has 0 atom stereocenters. The van der Waals surface area contributed by atoms with E-state index >= 15 is 0 Å². The first-order valence-corrected chi connectivity index (χ1v) is 6.01. The van der Waals surface area contributed by atoms with E-state index in [2.05, 4.69) is 0 Å². The number of hydrogen-bond donors (Lipinski definition) is 0. The Bertz CT molecular complexity index is 401. The van der Waals surface area contributed by atoms with Gasteiger partial charge >= 0.3 is 0 Å². The van der Waals surface area contributed by atoms with Gasteiger partial charge in [0, 0.05) is 13.0 Å². The number of carbonyl (C=O) groups excluding carboxylic acids is 1. The number of benzene rings is 1. The van der Waals surface area contributed by atoms with Crippen LogP contribution in [-0.4, -0.2) is 25.1 Å². The van der Waals surface area contributed by atoms with Crippen LogP contribution < -0.4 is 0 Å². The molecule has 4 heteroatoms. The van der Waals surface area contributed by atoms with Crippen LogP contribution in [0.25, 0.3) is 0 Å². The molecule has 0 spiro atoms. The molecule has 1 amide bonds. The van der Waals surface area contributed by atoms with Crippen LogP contribution in [0.3, 0.4) is 0 Å². The predicted octanol–water partition coefficient (Wildman–Crippen LogP) is 2.55. The lowest BCUT2D eigenvalue weighted by atomic mass is 9.70. The van der Waals surface area contributed by atoms with Crippen LogP contribution in [0.2, 0.25) is 0 Å². The van der Waals surface area contributed by atoms with E-state index in [1.807, 2.05) is 30.3 Å². The van der Waals surface area contributed by atoms with Crippen LogP contribution in [0.15, 0.2) is 30.3 Å². The van der Waals surface area contributed by atoms with Gasteiger partial charge < -0.3 is 0 Å². The van der Waals surface area contributed by atoms with Crippen LogP contribution in [0.4, 0.5) is 0 Å². The summed E-state index contributed by atoms with van der Waals surface area (Å²) in [6.07, 6.45) is 1.34. The summed E-state index contributed by atoms with van der Waals surface area (Å²) in [6, 6.07) is 9.91. The smallest absolute Gasteiger partial charge is 0.249 e. The van der Waals surface area contributed by atoms with Crippen LogP contribution >= 0.6 is 11.6 Å². The molecule has 0 aromatic heterocycles. The number of rotatable bonds is 3. The van der Waals surface area contributed by atoms with Gasteiger partial charge in [-0.2, -0.15) is 0 Å². The second-order valence-electron chi connectivity index (χ2n) is 4.45. The highest BCUT2D eigenvalue weighted by Gasteiger charge is 2.48. The molecule has 17 heavy (non-hydrogen) atoms. The van der Waals surface area contributed by atoms with Crippen LogP contribution in [0, 0.1) is 5.92 Å². The van der Waals surface area contributed by atoms with Gasteiger partial charge in [0.25, 0.3) is 0 Å². The van der Waals surface area contributed by atoms with Crippen molar-refractivity contribution in [2.24, 2.45) is 5.92 Å². The third kappa shape index (κ3) is 2.31. The number of hydroxylamine groups is 2. The fourth-order valence-corrected chi connectivity index (χ4v) is 2.71. The van der Waals surface area contributed by atoms with Gasteiger partial charge in [0.15, 0.2) is 0 Å². The summed E-state index contributed by atoms with van der Waals surface area (Å²) in [5.41, 5.74) is 1.09. The fourth-order valence-electron chi connectivity index (χ4n) is 2.22. The third-order valence-electron chi connectivity index (χ3n) is 3.36. The van der Waals surface area contributed by atoms with E-state index in [1.54, 1.807) is 7.05 Å². The maximum absolute atomic E-state index is 11.8. The van der Waals surface area contributed by atoms with Crippen molar-refractivity contribution >= 4 is 17.5 Å². The van der Waals surface area contributed by atoms with Crippen molar-refractivity contribution < 1.29 is 9.63 Å². The molecule has 1 fully saturated rings. The molecule has 92 valence electrons. The topological polar surface area (TPSA) is 29.5 Å². The van der Waals surface area contributed by atoms with E-state index in [0.29, 0.717) is 12.8 Å². The molecule has 3 nitrogen and oxygen atoms in total. The van der Waals surface area contributed by atoms with Crippen molar-refractivity contribution in [3.63, 3.8) is 0 Å². The SMILES string of the molecule is CON(C)C(=O)C1CC(Cl)(c2ccccc2)C1. The van der Waals surface area contributed by atoms with Crippen molar-refractivity contribution in [3.8, 4) is 0 Å². The lowest BCUT2D eigenvalue weighted by Gasteiger charge is -2.43. The monoisotopic (exact) mass is 253 g/mol. The Labute approximate surface area is 106 Å². The zero-order valence-corrected chi connectivity index (χ0v) is 10.8. The summed E-state index contributed by atoms with van der Waals surface area (Å²) in [5, 5.41) is 1.27. The molecule has 0 bridgehead atoms. The van der Waals surface area contributed by atoms with Crippen molar-refractivity contribution in [3.05, 3.63) is 35.9 Å². The fraction of sp³-hybridized carbons (Fsp3) is 0.462. The molecular formula is C13H16ClNO2. The maximum atomic E-state index is 11.8. The Balaban J connectivity index is 2.00. The van der Waals surface area contributed by atoms with E-state index in [0.717, 1.165) is 5.56 Å². The minimum absolute atomic E-state index is 0.000272.